The average Bonchev–Trinajstić information content (AvgIpc) is 3.22. The van der Waals surface area contributed by atoms with Gasteiger partial charge in [0.2, 0.25) is 0 Å². The van der Waals surface area contributed by atoms with Crippen molar-refractivity contribution >= 4 is 12.0 Å². The fourth-order valence-corrected chi connectivity index (χ4v) is 2.94. The molecule has 0 aliphatic rings. The van der Waals surface area contributed by atoms with Crippen LogP contribution < -0.4 is 10.1 Å². The van der Waals surface area contributed by atoms with Crippen LogP contribution in [-0.2, 0) is 4.79 Å². The molecule has 2 aromatic carbocycles. The molecule has 0 aliphatic carbocycles. The second kappa shape index (κ2) is 10.1. The van der Waals surface area contributed by atoms with Gasteiger partial charge in [-0.3, -0.25) is 4.79 Å². The van der Waals surface area contributed by atoms with Gasteiger partial charge in [0.1, 0.15) is 23.1 Å². The number of likely N-dealkylation sites (N-methyl/N-ethyl adjacent to an activating group) is 1. The van der Waals surface area contributed by atoms with Crippen LogP contribution in [0, 0.1) is 11.3 Å². The van der Waals surface area contributed by atoms with Crippen molar-refractivity contribution in [3.05, 3.63) is 71.9 Å². The van der Waals surface area contributed by atoms with Crippen molar-refractivity contribution in [3.8, 4) is 28.8 Å². The van der Waals surface area contributed by atoms with Gasteiger partial charge in [0.15, 0.2) is 0 Å². The number of para-hydroxylation sites is 1. The molecule has 0 saturated carbocycles. The summed E-state index contributed by atoms with van der Waals surface area (Å²) in [6.07, 6.45) is 5.42. The SMILES string of the molecule is CCCCOc1cccc(-c2nn(-c3ccccc3)cc2/C=C(/C#N)C(=O)NC)c1. The second-order valence-electron chi connectivity index (χ2n) is 6.69. The maximum atomic E-state index is 12.0. The number of carbonyl (C=O) groups excluding carboxylic acids is 1. The number of hydrogen-bond acceptors (Lipinski definition) is 4. The summed E-state index contributed by atoms with van der Waals surface area (Å²) >= 11 is 0. The average molecular weight is 400 g/mol. The molecule has 1 N–H and O–H groups in total. The Labute approximate surface area is 176 Å². The maximum Gasteiger partial charge on any atom is 0.261 e. The standard InChI is InChI=1S/C24H24N4O2/c1-3-4-13-30-22-12-8-9-18(15-22)23-20(14-19(16-25)24(29)26-2)17-28(27-23)21-10-6-5-7-11-21/h5-12,14-15,17H,3-4,13H2,1-2H3,(H,26,29)/b19-14-. The molecule has 0 bridgehead atoms. The van der Waals surface area contributed by atoms with E-state index in [4.69, 9.17) is 9.84 Å². The second-order valence-corrected chi connectivity index (χ2v) is 6.69. The fraction of sp³-hybridized carbons (Fsp3) is 0.208. The van der Waals surface area contributed by atoms with Gasteiger partial charge in [0.25, 0.3) is 5.91 Å². The highest BCUT2D eigenvalue weighted by Gasteiger charge is 2.15. The third-order valence-electron chi connectivity index (χ3n) is 4.53. The molecule has 1 aromatic heterocycles. The largest absolute Gasteiger partial charge is 0.494 e. The molecule has 0 atom stereocenters. The zero-order chi connectivity index (χ0) is 21.3. The van der Waals surface area contributed by atoms with E-state index < -0.39 is 5.91 Å². The molecule has 3 aromatic rings. The Morgan fingerprint density at radius 3 is 2.73 bits per heavy atom. The van der Waals surface area contributed by atoms with Crippen LogP contribution in [0.1, 0.15) is 25.3 Å². The predicted octanol–water partition coefficient (Wildman–Crippen LogP) is 4.37. The van der Waals surface area contributed by atoms with Crippen LogP contribution in [0.4, 0.5) is 0 Å². The van der Waals surface area contributed by atoms with Crippen LogP contribution in [0.15, 0.2) is 66.4 Å². The fourth-order valence-electron chi connectivity index (χ4n) is 2.94. The Hall–Kier alpha value is -3.85. The van der Waals surface area contributed by atoms with Gasteiger partial charge >= 0.3 is 0 Å². The lowest BCUT2D eigenvalue weighted by molar-refractivity contribution is -0.116. The lowest BCUT2D eigenvalue weighted by Crippen LogP contribution is -2.19. The summed E-state index contributed by atoms with van der Waals surface area (Å²) in [5.74, 6) is 0.324. The highest BCUT2D eigenvalue weighted by Crippen LogP contribution is 2.28. The normalized spacial score (nSPS) is 11.0. The van der Waals surface area contributed by atoms with Crippen LogP contribution in [0.2, 0.25) is 0 Å². The Bertz CT molecular complexity index is 1080. The van der Waals surface area contributed by atoms with Gasteiger partial charge in [0.05, 0.1) is 12.3 Å². The van der Waals surface area contributed by atoms with Gasteiger partial charge in [-0.1, -0.05) is 43.7 Å². The molecular weight excluding hydrogens is 376 g/mol. The van der Waals surface area contributed by atoms with E-state index in [1.807, 2.05) is 66.9 Å². The molecule has 1 heterocycles. The molecule has 0 aliphatic heterocycles. The van der Waals surface area contributed by atoms with E-state index in [0.29, 0.717) is 17.9 Å². The summed E-state index contributed by atoms with van der Waals surface area (Å²) in [6, 6.07) is 19.3. The molecule has 0 spiro atoms. The summed E-state index contributed by atoms with van der Waals surface area (Å²) in [5, 5.41) is 16.6. The number of nitrogens with zero attached hydrogens (tertiary/aromatic N) is 3. The maximum absolute atomic E-state index is 12.0. The number of rotatable bonds is 8. The summed E-state index contributed by atoms with van der Waals surface area (Å²) < 4.78 is 7.57. The number of nitriles is 1. The Morgan fingerprint density at radius 2 is 2.03 bits per heavy atom. The van der Waals surface area contributed by atoms with Crippen LogP contribution >= 0.6 is 0 Å². The summed E-state index contributed by atoms with van der Waals surface area (Å²) in [4.78, 5) is 12.0. The lowest BCUT2D eigenvalue weighted by Gasteiger charge is -2.07. The molecule has 152 valence electrons. The molecule has 3 rings (SSSR count). The van der Waals surface area contributed by atoms with Gasteiger partial charge < -0.3 is 10.1 Å². The zero-order valence-corrected chi connectivity index (χ0v) is 17.1. The number of nitrogens with one attached hydrogen (secondary N) is 1. The van der Waals surface area contributed by atoms with E-state index in [9.17, 15) is 10.1 Å². The summed E-state index contributed by atoms with van der Waals surface area (Å²) in [5.41, 5.74) is 3.08. The quantitative estimate of drug-likeness (QED) is 0.346. The molecule has 0 radical (unpaired) electrons. The van der Waals surface area contributed by atoms with Crippen molar-refractivity contribution in [2.75, 3.05) is 13.7 Å². The van der Waals surface area contributed by atoms with E-state index in [-0.39, 0.29) is 5.57 Å². The third kappa shape index (κ3) is 4.95. The van der Waals surface area contributed by atoms with E-state index in [0.717, 1.165) is 29.8 Å². The number of carbonyl (C=O) groups is 1. The molecule has 0 saturated heterocycles. The number of unbranched alkanes of at least 4 members (excludes halogenated alkanes) is 1. The molecule has 6 nitrogen and oxygen atoms in total. The summed E-state index contributed by atoms with van der Waals surface area (Å²) in [7, 11) is 1.50. The van der Waals surface area contributed by atoms with Crippen LogP contribution in [0.25, 0.3) is 23.0 Å². The van der Waals surface area contributed by atoms with Crippen molar-refractivity contribution in [2.45, 2.75) is 19.8 Å². The highest BCUT2D eigenvalue weighted by molar-refractivity contribution is 6.02. The number of amides is 1. The van der Waals surface area contributed by atoms with Gasteiger partial charge in [0, 0.05) is 24.4 Å². The van der Waals surface area contributed by atoms with E-state index >= 15 is 0 Å². The first kappa shape index (κ1) is 20.9. The van der Waals surface area contributed by atoms with Crippen molar-refractivity contribution in [3.63, 3.8) is 0 Å². The Kier molecular flexibility index (Phi) is 7.01. The predicted molar refractivity (Wildman–Crippen MR) is 117 cm³/mol. The molecular formula is C24H24N4O2. The molecule has 0 fully saturated rings. The minimum absolute atomic E-state index is 0.0155. The van der Waals surface area contributed by atoms with E-state index in [2.05, 4.69) is 12.2 Å². The molecule has 6 heteroatoms. The Morgan fingerprint density at radius 1 is 1.23 bits per heavy atom. The third-order valence-corrected chi connectivity index (χ3v) is 4.53. The first-order chi connectivity index (χ1) is 14.7. The van der Waals surface area contributed by atoms with Crippen molar-refractivity contribution < 1.29 is 9.53 Å². The lowest BCUT2D eigenvalue weighted by atomic mass is 10.1. The van der Waals surface area contributed by atoms with Gasteiger partial charge in [-0.2, -0.15) is 10.4 Å². The van der Waals surface area contributed by atoms with Crippen LogP contribution in [-0.4, -0.2) is 29.3 Å². The minimum atomic E-state index is -0.437. The minimum Gasteiger partial charge on any atom is -0.494 e. The Balaban J connectivity index is 2.07. The topological polar surface area (TPSA) is 79.9 Å². The van der Waals surface area contributed by atoms with Gasteiger partial charge in [-0.15, -0.1) is 0 Å². The first-order valence-corrected chi connectivity index (χ1v) is 9.88. The van der Waals surface area contributed by atoms with Crippen molar-refractivity contribution in [1.29, 1.82) is 5.26 Å². The number of hydrogen-bond donors (Lipinski definition) is 1. The van der Waals surface area contributed by atoms with Crippen LogP contribution in [0.3, 0.4) is 0 Å². The van der Waals surface area contributed by atoms with Crippen molar-refractivity contribution in [1.82, 2.24) is 15.1 Å². The van der Waals surface area contributed by atoms with Crippen molar-refractivity contribution in [2.24, 2.45) is 0 Å². The van der Waals surface area contributed by atoms with Gasteiger partial charge in [-0.05, 0) is 36.8 Å². The molecule has 1 amide bonds. The first-order valence-electron chi connectivity index (χ1n) is 9.88. The molecule has 0 unspecified atom stereocenters. The zero-order valence-electron chi connectivity index (χ0n) is 17.1. The van der Waals surface area contributed by atoms with E-state index in [1.54, 1.807) is 10.8 Å². The number of benzene rings is 2. The smallest absolute Gasteiger partial charge is 0.261 e. The monoisotopic (exact) mass is 400 g/mol. The highest BCUT2D eigenvalue weighted by atomic mass is 16.5. The number of aromatic nitrogens is 2. The van der Waals surface area contributed by atoms with Crippen LogP contribution in [0.5, 0.6) is 5.75 Å². The molecule has 30 heavy (non-hydrogen) atoms. The number of ether oxygens (including phenoxy) is 1. The summed E-state index contributed by atoms with van der Waals surface area (Å²) in [6.45, 7) is 2.77. The van der Waals surface area contributed by atoms with E-state index in [1.165, 1.54) is 7.05 Å². The van der Waals surface area contributed by atoms with Gasteiger partial charge in [-0.25, -0.2) is 4.68 Å².